The third kappa shape index (κ3) is 3.67. The molecule has 2 atom stereocenters. The third-order valence-electron chi connectivity index (χ3n) is 7.38. The molecule has 1 aliphatic carbocycles. The van der Waals surface area contributed by atoms with E-state index in [0.717, 1.165) is 44.9 Å². The molecule has 8 heteroatoms. The van der Waals surface area contributed by atoms with Crippen LogP contribution in [-0.2, 0) is 16.9 Å². The second-order valence-corrected chi connectivity index (χ2v) is 10.8. The largest absolute Gasteiger partial charge is 0.369 e. The highest BCUT2D eigenvalue weighted by molar-refractivity contribution is 7.10. The van der Waals surface area contributed by atoms with E-state index in [1.54, 1.807) is 24.5 Å². The maximum absolute atomic E-state index is 13.7. The molecule has 1 aliphatic heterocycles. The van der Waals surface area contributed by atoms with Crippen LogP contribution in [0, 0.1) is 17.2 Å². The van der Waals surface area contributed by atoms with E-state index in [1.165, 1.54) is 17.7 Å². The van der Waals surface area contributed by atoms with Crippen molar-refractivity contribution in [1.29, 1.82) is 5.26 Å². The predicted octanol–water partition coefficient (Wildman–Crippen LogP) is 4.83. The summed E-state index contributed by atoms with van der Waals surface area (Å²) in [5.74, 6) is 0.307. The molecule has 1 amide bonds. The Morgan fingerprint density at radius 1 is 1.19 bits per heavy atom. The van der Waals surface area contributed by atoms with Crippen LogP contribution in [0.25, 0.3) is 22.0 Å². The molecular weight excluding hydrogens is 468 g/mol. The summed E-state index contributed by atoms with van der Waals surface area (Å²) in [6.45, 7) is 2.93. The molecule has 0 saturated heterocycles. The molecule has 2 aliphatic rings. The molecule has 36 heavy (non-hydrogen) atoms. The zero-order valence-electron chi connectivity index (χ0n) is 20.2. The number of aromatic nitrogens is 2. The van der Waals surface area contributed by atoms with Crippen molar-refractivity contribution < 1.29 is 4.79 Å². The Morgan fingerprint density at radius 2 is 2.03 bits per heavy atom. The number of fused-ring (bicyclic) bond motifs is 1. The van der Waals surface area contributed by atoms with Crippen molar-refractivity contribution in [2.24, 2.45) is 16.6 Å². The van der Waals surface area contributed by atoms with Gasteiger partial charge in [0.15, 0.2) is 5.96 Å². The van der Waals surface area contributed by atoms with E-state index in [0.29, 0.717) is 5.56 Å². The van der Waals surface area contributed by atoms with Gasteiger partial charge in [-0.3, -0.25) is 14.4 Å². The normalized spacial score (nSPS) is 22.0. The lowest BCUT2D eigenvalue weighted by atomic mass is 9.77. The lowest BCUT2D eigenvalue weighted by Crippen LogP contribution is -2.52. The maximum Gasteiger partial charge on any atom is 0.239 e. The Balaban J connectivity index is 1.43. The summed E-state index contributed by atoms with van der Waals surface area (Å²) < 4.78 is 2.07. The first-order valence-electron chi connectivity index (χ1n) is 12.1. The summed E-state index contributed by atoms with van der Waals surface area (Å²) in [4.78, 5) is 21.0. The van der Waals surface area contributed by atoms with Crippen LogP contribution in [0.2, 0.25) is 0 Å². The van der Waals surface area contributed by atoms with E-state index in [9.17, 15) is 10.1 Å². The third-order valence-corrected chi connectivity index (χ3v) is 8.54. The Bertz CT molecular complexity index is 1570. The number of carbonyl (C=O) groups excluding carboxylic acids is 1. The van der Waals surface area contributed by atoms with E-state index >= 15 is 0 Å². The van der Waals surface area contributed by atoms with Crippen LogP contribution >= 0.6 is 11.3 Å². The molecule has 4 aromatic rings. The fraction of sp³-hybridized carbons (Fsp3) is 0.286. The van der Waals surface area contributed by atoms with Gasteiger partial charge < -0.3 is 5.73 Å². The van der Waals surface area contributed by atoms with Crippen molar-refractivity contribution in [1.82, 2.24) is 14.7 Å². The van der Waals surface area contributed by atoms with Crippen LogP contribution in [0.3, 0.4) is 0 Å². The number of amides is 1. The summed E-state index contributed by atoms with van der Waals surface area (Å²) in [6.07, 6.45) is 4.42. The lowest BCUT2D eigenvalue weighted by Gasteiger charge is -2.40. The average Bonchev–Trinajstić information content (AvgIpc) is 3.39. The Labute approximate surface area is 213 Å². The van der Waals surface area contributed by atoms with Gasteiger partial charge in [-0.2, -0.15) is 10.4 Å². The number of hydrogen-bond donors (Lipinski definition) is 1. The standard InChI is InChI=1S/C28H26N6OS/c1-28(24-12-22(16-36-24)19-5-3-4-18(10-19)13-29)25(26(35)33(2)27(30)32-28)20-8-9-23-21(11-20)14-31-34(23)15-17-6-7-17/h3-5,8-12,14,16-17,25H,6-7,15H2,1-2H3,(H2,30,32)/t25-,28+/m0/s1. The first-order chi connectivity index (χ1) is 17.4. The van der Waals surface area contributed by atoms with Crippen molar-refractivity contribution in [2.75, 3.05) is 7.05 Å². The van der Waals surface area contributed by atoms with E-state index in [1.807, 2.05) is 42.8 Å². The summed E-state index contributed by atoms with van der Waals surface area (Å²) in [6, 6.07) is 18.0. The van der Waals surface area contributed by atoms with Gasteiger partial charge in [0.1, 0.15) is 5.54 Å². The molecule has 2 N–H and O–H groups in total. The highest BCUT2D eigenvalue weighted by Gasteiger charge is 2.48. The number of guanidine groups is 1. The van der Waals surface area contributed by atoms with Crippen LogP contribution in [0.15, 0.2) is 65.1 Å². The Kier molecular flexibility index (Phi) is 5.20. The molecule has 0 spiro atoms. The van der Waals surface area contributed by atoms with Gasteiger partial charge in [0, 0.05) is 23.9 Å². The highest BCUT2D eigenvalue weighted by atomic mass is 32.1. The van der Waals surface area contributed by atoms with Gasteiger partial charge in [-0.15, -0.1) is 11.3 Å². The van der Waals surface area contributed by atoms with E-state index in [4.69, 9.17) is 10.7 Å². The molecule has 0 bridgehead atoms. The van der Waals surface area contributed by atoms with Crippen LogP contribution in [0.4, 0.5) is 0 Å². The van der Waals surface area contributed by atoms with E-state index < -0.39 is 11.5 Å². The number of hydrogen-bond acceptors (Lipinski definition) is 6. The van der Waals surface area contributed by atoms with Crippen LogP contribution in [0.5, 0.6) is 0 Å². The fourth-order valence-corrected chi connectivity index (χ4v) is 6.14. The number of carbonyl (C=O) groups is 1. The fourth-order valence-electron chi connectivity index (χ4n) is 5.09. The van der Waals surface area contributed by atoms with Crippen molar-refractivity contribution in [3.8, 4) is 17.2 Å². The number of rotatable bonds is 5. The predicted molar refractivity (Wildman–Crippen MR) is 141 cm³/mol. The molecule has 1 fully saturated rings. The second-order valence-electron chi connectivity index (χ2n) is 9.93. The van der Waals surface area contributed by atoms with Crippen molar-refractivity contribution in [3.05, 3.63) is 76.1 Å². The monoisotopic (exact) mass is 494 g/mol. The van der Waals surface area contributed by atoms with Gasteiger partial charge >= 0.3 is 0 Å². The topological polar surface area (TPSA) is 100 Å². The highest BCUT2D eigenvalue weighted by Crippen LogP contribution is 2.47. The number of nitrogens with zero attached hydrogens (tertiary/aromatic N) is 5. The summed E-state index contributed by atoms with van der Waals surface area (Å²) in [5.41, 5.74) is 9.89. The van der Waals surface area contributed by atoms with Crippen LogP contribution in [0.1, 0.15) is 41.7 Å². The van der Waals surface area contributed by atoms with Crippen LogP contribution < -0.4 is 5.73 Å². The molecule has 0 radical (unpaired) electrons. The number of thiophene rings is 1. The number of aliphatic imine (C=N–C) groups is 1. The molecule has 1 saturated carbocycles. The summed E-state index contributed by atoms with van der Waals surface area (Å²) in [7, 11) is 1.67. The lowest BCUT2D eigenvalue weighted by molar-refractivity contribution is -0.130. The molecule has 7 nitrogen and oxygen atoms in total. The number of likely N-dealkylation sites (N-methyl/N-ethyl adjacent to an activating group) is 1. The van der Waals surface area contributed by atoms with E-state index in [-0.39, 0.29) is 11.9 Å². The molecular formula is C28H26N6OS. The van der Waals surface area contributed by atoms with Crippen molar-refractivity contribution in [3.63, 3.8) is 0 Å². The van der Waals surface area contributed by atoms with Gasteiger partial charge in [0.25, 0.3) is 0 Å². The SMILES string of the molecule is CN1C(=O)[C@H](c2ccc3c(cnn3CC3CC3)c2)[C@@](C)(c2cc(-c3cccc(C#N)c3)cs2)N=C1N. The van der Waals surface area contributed by atoms with Crippen molar-refractivity contribution >= 4 is 34.1 Å². The maximum atomic E-state index is 13.7. The summed E-state index contributed by atoms with van der Waals surface area (Å²) in [5, 5.41) is 17.0. The number of benzene rings is 2. The first kappa shape index (κ1) is 22.5. The van der Waals surface area contributed by atoms with E-state index in [2.05, 4.69) is 34.0 Å². The molecule has 2 aromatic heterocycles. The van der Waals surface area contributed by atoms with Gasteiger partial charge in [0.2, 0.25) is 5.91 Å². The summed E-state index contributed by atoms with van der Waals surface area (Å²) >= 11 is 1.56. The van der Waals surface area contributed by atoms with Gasteiger partial charge in [-0.05, 0) is 78.1 Å². The minimum Gasteiger partial charge on any atom is -0.369 e. The first-order valence-corrected chi connectivity index (χ1v) is 12.9. The molecule has 2 aromatic carbocycles. The number of nitrogens with two attached hydrogens (primary N) is 1. The van der Waals surface area contributed by atoms with Gasteiger partial charge in [-0.1, -0.05) is 18.2 Å². The second kappa shape index (κ2) is 8.32. The van der Waals surface area contributed by atoms with Gasteiger partial charge in [-0.25, -0.2) is 4.99 Å². The Hall–Kier alpha value is -3.96. The minimum absolute atomic E-state index is 0.0869. The molecule has 180 valence electrons. The zero-order valence-corrected chi connectivity index (χ0v) is 21.0. The smallest absolute Gasteiger partial charge is 0.239 e. The molecule has 3 heterocycles. The molecule has 6 rings (SSSR count). The number of nitriles is 1. The average molecular weight is 495 g/mol. The quantitative estimate of drug-likeness (QED) is 0.429. The minimum atomic E-state index is -0.874. The Morgan fingerprint density at radius 3 is 2.81 bits per heavy atom. The van der Waals surface area contributed by atoms with Crippen molar-refractivity contribution in [2.45, 2.75) is 37.8 Å². The zero-order chi connectivity index (χ0) is 25.0. The van der Waals surface area contributed by atoms with Crippen LogP contribution in [-0.4, -0.2) is 33.6 Å². The van der Waals surface area contributed by atoms with Gasteiger partial charge in [0.05, 0.1) is 29.3 Å². The molecule has 0 unspecified atom stereocenters.